The summed E-state index contributed by atoms with van der Waals surface area (Å²) in [6.45, 7) is 1.69. The number of phenolic OH excluding ortho intramolecular Hbond substituents is 1. The molecule has 2 aromatic carbocycles. The van der Waals surface area contributed by atoms with Gasteiger partial charge in [0.05, 0.1) is 0 Å². The number of hydrogen-bond acceptors (Lipinski definition) is 2. The van der Waals surface area contributed by atoms with Crippen molar-refractivity contribution < 1.29 is 18.7 Å². The molecular weight excluding hydrogens is 252 g/mol. The number of aryl methyl sites for hydroxylation is 1. The molecule has 0 spiro atoms. The first-order chi connectivity index (χ1) is 8.95. The lowest BCUT2D eigenvalue weighted by molar-refractivity contribution is 0.102. The molecule has 0 aromatic heterocycles. The van der Waals surface area contributed by atoms with E-state index in [4.69, 9.17) is 0 Å². The number of anilines is 1. The Morgan fingerprint density at radius 3 is 2.32 bits per heavy atom. The fourth-order valence-electron chi connectivity index (χ4n) is 1.58. The maximum Gasteiger partial charge on any atom is 0.255 e. The van der Waals surface area contributed by atoms with Crippen LogP contribution in [0.3, 0.4) is 0 Å². The summed E-state index contributed by atoms with van der Waals surface area (Å²) in [5, 5.41) is 11.9. The fourth-order valence-corrected chi connectivity index (χ4v) is 1.58. The van der Waals surface area contributed by atoms with E-state index >= 15 is 0 Å². The van der Waals surface area contributed by atoms with Crippen LogP contribution in [0.4, 0.5) is 14.5 Å². The van der Waals surface area contributed by atoms with Crippen LogP contribution in [0.25, 0.3) is 0 Å². The summed E-state index contributed by atoms with van der Waals surface area (Å²) in [5.41, 5.74) is 0.851. The maximum absolute atomic E-state index is 13.0. The largest absolute Gasteiger partial charge is 0.508 e. The summed E-state index contributed by atoms with van der Waals surface area (Å²) in [6.07, 6.45) is 0. The molecule has 0 aliphatic carbocycles. The van der Waals surface area contributed by atoms with Crippen molar-refractivity contribution in [1.29, 1.82) is 0 Å². The molecule has 0 aliphatic rings. The van der Waals surface area contributed by atoms with Gasteiger partial charge in [-0.2, -0.15) is 0 Å². The first-order valence-electron chi connectivity index (χ1n) is 5.53. The predicted octanol–water partition coefficient (Wildman–Crippen LogP) is 3.23. The number of carbonyl (C=O) groups excluding carboxylic acids is 1. The molecule has 0 fully saturated rings. The lowest BCUT2D eigenvalue weighted by atomic mass is 10.1. The number of amides is 1. The SMILES string of the molecule is Cc1ccc(C(=O)Nc2cc(F)cc(F)c2)cc1O. The van der Waals surface area contributed by atoms with E-state index in [0.717, 1.165) is 12.1 Å². The topological polar surface area (TPSA) is 49.3 Å². The van der Waals surface area contributed by atoms with Gasteiger partial charge in [0, 0.05) is 17.3 Å². The Morgan fingerprint density at radius 1 is 1.11 bits per heavy atom. The Bertz CT molecular complexity index is 621. The minimum Gasteiger partial charge on any atom is -0.508 e. The number of benzene rings is 2. The normalized spacial score (nSPS) is 10.3. The lowest BCUT2D eigenvalue weighted by Gasteiger charge is -2.07. The lowest BCUT2D eigenvalue weighted by Crippen LogP contribution is -2.12. The smallest absolute Gasteiger partial charge is 0.255 e. The zero-order chi connectivity index (χ0) is 14.0. The molecule has 0 heterocycles. The molecule has 0 radical (unpaired) electrons. The average molecular weight is 263 g/mol. The van der Waals surface area contributed by atoms with E-state index in [-0.39, 0.29) is 17.0 Å². The molecular formula is C14H11F2NO2. The van der Waals surface area contributed by atoms with E-state index in [2.05, 4.69) is 5.32 Å². The van der Waals surface area contributed by atoms with Crippen LogP contribution in [0, 0.1) is 18.6 Å². The molecule has 2 N–H and O–H groups in total. The average Bonchev–Trinajstić information content (AvgIpc) is 2.31. The van der Waals surface area contributed by atoms with Crippen molar-refractivity contribution in [2.24, 2.45) is 0 Å². The number of halogens is 2. The molecule has 1 amide bonds. The van der Waals surface area contributed by atoms with E-state index in [0.29, 0.717) is 11.6 Å². The van der Waals surface area contributed by atoms with Crippen molar-refractivity contribution in [3.05, 3.63) is 59.2 Å². The van der Waals surface area contributed by atoms with Gasteiger partial charge in [-0.3, -0.25) is 4.79 Å². The van der Waals surface area contributed by atoms with E-state index in [1.807, 2.05) is 0 Å². The van der Waals surface area contributed by atoms with Crippen molar-refractivity contribution in [3.8, 4) is 5.75 Å². The summed E-state index contributed by atoms with van der Waals surface area (Å²) in [6, 6.07) is 7.12. The first-order valence-corrected chi connectivity index (χ1v) is 5.53. The van der Waals surface area contributed by atoms with E-state index < -0.39 is 17.5 Å². The second-order valence-electron chi connectivity index (χ2n) is 4.11. The molecule has 19 heavy (non-hydrogen) atoms. The van der Waals surface area contributed by atoms with Gasteiger partial charge in [-0.15, -0.1) is 0 Å². The molecule has 0 saturated carbocycles. The molecule has 5 heteroatoms. The van der Waals surface area contributed by atoms with E-state index in [1.165, 1.54) is 12.1 Å². The zero-order valence-corrected chi connectivity index (χ0v) is 10.1. The molecule has 0 aliphatic heterocycles. The van der Waals surface area contributed by atoms with Crippen LogP contribution in [0.1, 0.15) is 15.9 Å². The molecule has 0 saturated heterocycles. The van der Waals surface area contributed by atoms with Crippen molar-refractivity contribution in [2.45, 2.75) is 6.92 Å². The Labute approximate surface area is 108 Å². The van der Waals surface area contributed by atoms with Gasteiger partial charge in [0.2, 0.25) is 0 Å². The van der Waals surface area contributed by atoms with Crippen molar-refractivity contribution >= 4 is 11.6 Å². The van der Waals surface area contributed by atoms with Gasteiger partial charge in [0.25, 0.3) is 5.91 Å². The zero-order valence-electron chi connectivity index (χ0n) is 10.1. The highest BCUT2D eigenvalue weighted by atomic mass is 19.1. The first kappa shape index (κ1) is 13.0. The molecule has 3 nitrogen and oxygen atoms in total. The highest BCUT2D eigenvalue weighted by Gasteiger charge is 2.09. The molecule has 0 atom stereocenters. The van der Waals surface area contributed by atoms with E-state index in [9.17, 15) is 18.7 Å². The third-order valence-electron chi connectivity index (χ3n) is 2.59. The molecule has 0 unspecified atom stereocenters. The summed E-state index contributed by atoms with van der Waals surface area (Å²) in [4.78, 5) is 11.8. The van der Waals surface area contributed by atoms with Gasteiger partial charge in [-0.05, 0) is 36.8 Å². The van der Waals surface area contributed by atoms with Crippen molar-refractivity contribution in [2.75, 3.05) is 5.32 Å². The molecule has 98 valence electrons. The molecule has 2 aromatic rings. The number of aromatic hydroxyl groups is 1. The Kier molecular flexibility index (Phi) is 3.46. The summed E-state index contributed by atoms with van der Waals surface area (Å²) < 4.78 is 25.9. The standard InChI is InChI=1S/C14H11F2NO2/c1-8-2-3-9(4-13(8)18)14(19)17-12-6-10(15)5-11(16)7-12/h2-7,18H,1H3,(H,17,19). The van der Waals surface area contributed by atoms with Crippen LogP contribution in [0.5, 0.6) is 5.75 Å². The van der Waals surface area contributed by atoms with Gasteiger partial charge in [0.15, 0.2) is 0 Å². The van der Waals surface area contributed by atoms with Crippen molar-refractivity contribution in [3.63, 3.8) is 0 Å². The van der Waals surface area contributed by atoms with Gasteiger partial charge in [-0.1, -0.05) is 6.07 Å². The van der Waals surface area contributed by atoms with Crippen LogP contribution in [0.15, 0.2) is 36.4 Å². The second-order valence-corrected chi connectivity index (χ2v) is 4.11. The molecule has 2 rings (SSSR count). The summed E-state index contributed by atoms with van der Waals surface area (Å²) >= 11 is 0. The number of carbonyl (C=O) groups is 1. The van der Waals surface area contributed by atoms with Crippen LogP contribution in [-0.4, -0.2) is 11.0 Å². The maximum atomic E-state index is 13.0. The fraction of sp³-hybridized carbons (Fsp3) is 0.0714. The minimum atomic E-state index is -0.776. The van der Waals surface area contributed by atoms with Crippen LogP contribution < -0.4 is 5.32 Å². The second kappa shape index (κ2) is 5.06. The third kappa shape index (κ3) is 3.07. The van der Waals surface area contributed by atoms with Crippen LogP contribution in [-0.2, 0) is 0 Å². The monoisotopic (exact) mass is 263 g/mol. The van der Waals surface area contributed by atoms with E-state index in [1.54, 1.807) is 13.0 Å². The number of phenols is 1. The predicted molar refractivity (Wildman–Crippen MR) is 67.2 cm³/mol. The highest BCUT2D eigenvalue weighted by Crippen LogP contribution is 2.19. The van der Waals surface area contributed by atoms with Crippen molar-refractivity contribution in [1.82, 2.24) is 0 Å². The number of hydrogen-bond donors (Lipinski definition) is 2. The molecule has 0 bridgehead atoms. The van der Waals surface area contributed by atoms with Gasteiger partial charge in [0.1, 0.15) is 17.4 Å². The Morgan fingerprint density at radius 2 is 1.74 bits per heavy atom. The van der Waals surface area contributed by atoms with Crippen LogP contribution >= 0.6 is 0 Å². The van der Waals surface area contributed by atoms with Gasteiger partial charge < -0.3 is 10.4 Å². The van der Waals surface area contributed by atoms with Crippen LogP contribution in [0.2, 0.25) is 0 Å². The Hall–Kier alpha value is -2.43. The number of nitrogens with one attached hydrogen (secondary N) is 1. The minimum absolute atomic E-state index is 0.0157. The van der Waals surface area contributed by atoms with Gasteiger partial charge >= 0.3 is 0 Å². The quantitative estimate of drug-likeness (QED) is 0.873. The summed E-state index contributed by atoms with van der Waals surface area (Å²) in [5.74, 6) is -2.12. The third-order valence-corrected chi connectivity index (χ3v) is 2.59. The summed E-state index contributed by atoms with van der Waals surface area (Å²) in [7, 11) is 0. The van der Waals surface area contributed by atoms with Gasteiger partial charge in [-0.25, -0.2) is 8.78 Å². The highest BCUT2D eigenvalue weighted by molar-refractivity contribution is 6.04. The number of rotatable bonds is 2. The Balaban J connectivity index is 2.22.